The van der Waals surface area contributed by atoms with E-state index >= 15 is 0 Å². The smallest absolute Gasteiger partial charge is 0.390 e. The fourth-order valence-electron chi connectivity index (χ4n) is 2.24. The number of alkyl halides is 3. The van der Waals surface area contributed by atoms with Crippen LogP contribution in [-0.2, 0) is 11.0 Å². The molecule has 0 aromatic carbocycles. The summed E-state index contributed by atoms with van der Waals surface area (Å²) in [5, 5.41) is 6.76. The van der Waals surface area contributed by atoms with Crippen molar-refractivity contribution < 1.29 is 18.0 Å². The van der Waals surface area contributed by atoms with E-state index in [-0.39, 0.29) is 23.5 Å². The molecule has 1 aliphatic rings. The van der Waals surface area contributed by atoms with Gasteiger partial charge in [-0.25, -0.2) is 15.0 Å². The lowest BCUT2D eigenvalue weighted by atomic mass is 10.1. The highest BCUT2D eigenvalue weighted by Gasteiger charge is 2.31. The molecule has 1 atom stereocenters. The molecule has 25 heavy (non-hydrogen) atoms. The second-order valence-corrected chi connectivity index (χ2v) is 5.80. The van der Waals surface area contributed by atoms with Crippen molar-refractivity contribution in [2.75, 3.05) is 11.9 Å². The summed E-state index contributed by atoms with van der Waals surface area (Å²) in [7, 11) is 0. The van der Waals surface area contributed by atoms with Gasteiger partial charge in [0.05, 0.1) is 22.8 Å². The summed E-state index contributed by atoms with van der Waals surface area (Å²) >= 11 is 5.85. The van der Waals surface area contributed by atoms with Gasteiger partial charge in [0.1, 0.15) is 23.5 Å². The molecule has 1 N–H and O–H groups in total. The first kappa shape index (κ1) is 17.4. The van der Waals surface area contributed by atoms with Crippen molar-refractivity contribution in [3.05, 3.63) is 46.6 Å². The van der Waals surface area contributed by atoms with Crippen LogP contribution in [0.15, 0.2) is 29.7 Å². The van der Waals surface area contributed by atoms with Crippen LogP contribution in [0.4, 0.5) is 19.0 Å². The molecule has 0 fully saturated rings. The molecule has 0 spiro atoms. The number of halogens is 4. The summed E-state index contributed by atoms with van der Waals surface area (Å²) in [6, 6.07) is 2.57. The lowest BCUT2D eigenvalue weighted by Crippen LogP contribution is -2.21. The Hall–Kier alpha value is -2.42. The Labute approximate surface area is 146 Å². The number of rotatable bonds is 4. The molecule has 0 bridgehead atoms. The number of pyridine rings is 1. The first-order valence-electron chi connectivity index (χ1n) is 7.32. The van der Waals surface area contributed by atoms with Crippen LogP contribution in [0.2, 0.25) is 5.02 Å². The van der Waals surface area contributed by atoms with E-state index in [1.807, 2.05) is 0 Å². The van der Waals surface area contributed by atoms with Crippen LogP contribution in [0.3, 0.4) is 0 Å². The Morgan fingerprint density at radius 2 is 2.16 bits per heavy atom. The Morgan fingerprint density at radius 1 is 1.36 bits per heavy atom. The fraction of sp³-hybridized carbons (Fsp3) is 0.333. The molecule has 6 nitrogen and oxygen atoms in total. The van der Waals surface area contributed by atoms with Gasteiger partial charge in [-0.3, -0.25) is 0 Å². The van der Waals surface area contributed by atoms with E-state index in [9.17, 15) is 13.2 Å². The number of nitrogens with one attached hydrogen (secondary N) is 1. The molecule has 0 amide bonds. The highest BCUT2D eigenvalue weighted by Crippen LogP contribution is 2.32. The first-order valence-corrected chi connectivity index (χ1v) is 7.70. The third-order valence-electron chi connectivity index (χ3n) is 3.47. The minimum Gasteiger partial charge on any atom is -0.390 e. The molecule has 2 aromatic rings. The summed E-state index contributed by atoms with van der Waals surface area (Å²) in [6.07, 6.45) is -1.91. The Kier molecular flexibility index (Phi) is 4.76. The van der Waals surface area contributed by atoms with Crippen molar-refractivity contribution in [1.82, 2.24) is 15.0 Å². The highest BCUT2D eigenvalue weighted by atomic mass is 35.5. The summed E-state index contributed by atoms with van der Waals surface area (Å²) in [5.74, 6) is 0.784. The van der Waals surface area contributed by atoms with Crippen molar-refractivity contribution in [3.63, 3.8) is 0 Å². The molecule has 0 saturated heterocycles. The molecule has 132 valence electrons. The SMILES string of the molecule is Cc1nccc(C2=NOC(CNc3ncc(C(F)(F)F)cc3Cl)C2)n1. The molecule has 2 aromatic heterocycles. The minimum atomic E-state index is -4.48. The lowest BCUT2D eigenvalue weighted by Gasteiger charge is -2.13. The van der Waals surface area contributed by atoms with E-state index in [4.69, 9.17) is 16.4 Å². The summed E-state index contributed by atoms with van der Waals surface area (Å²) in [4.78, 5) is 17.3. The number of anilines is 1. The summed E-state index contributed by atoms with van der Waals surface area (Å²) in [6.45, 7) is 2.06. The number of hydrogen-bond donors (Lipinski definition) is 1. The van der Waals surface area contributed by atoms with Crippen molar-refractivity contribution in [2.24, 2.45) is 5.16 Å². The Morgan fingerprint density at radius 3 is 2.84 bits per heavy atom. The standard InChI is InChI=1S/C15H13ClF3N5O/c1-8-20-3-2-12(23-8)13-5-10(25-24-13)7-22-14-11(16)4-9(6-21-14)15(17,18)19/h2-4,6,10H,5,7H2,1H3,(H,21,22). The third-order valence-corrected chi connectivity index (χ3v) is 3.76. The Bertz CT molecular complexity index is 812. The van der Waals surface area contributed by atoms with Crippen LogP contribution in [0.1, 0.15) is 23.5 Å². The van der Waals surface area contributed by atoms with Crippen molar-refractivity contribution in [2.45, 2.75) is 25.6 Å². The summed E-state index contributed by atoms with van der Waals surface area (Å²) < 4.78 is 37.8. The molecule has 0 aliphatic carbocycles. The predicted molar refractivity (Wildman–Crippen MR) is 85.5 cm³/mol. The number of aryl methyl sites for hydroxylation is 1. The molecule has 10 heteroatoms. The maximum atomic E-state index is 12.6. The van der Waals surface area contributed by atoms with Crippen LogP contribution < -0.4 is 5.32 Å². The average molecular weight is 372 g/mol. The number of oxime groups is 1. The van der Waals surface area contributed by atoms with E-state index in [1.165, 1.54) is 0 Å². The van der Waals surface area contributed by atoms with E-state index in [2.05, 4.69) is 25.4 Å². The van der Waals surface area contributed by atoms with Gasteiger partial charge >= 0.3 is 6.18 Å². The monoisotopic (exact) mass is 371 g/mol. The predicted octanol–water partition coefficient (Wildman–Crippen LogP) is 3.46. The highest BCUT2D eigenvalue weighted by molar-refractivity contribution is 6.32. The summed E-state index contributed by atoms with van der Waals surface area (Å²) in [5.41, 5.74) is 0.467. The number of hydrogen-bond acceptors (Lipinski definition) is 6. The van der Waals surface area contributed by atoms with Crippen LogP contribution in [-0.4, -0.2) is 33.3 Å². The van der Waals surface area contributed by atoms with E-state index in [1.54, 1.807) is 19.2 Å². The van der Waals surface area contributed by atoms with Crippen LogP contribution in [0.25, 0.3) is 0 Å². The van der Waals surface area contributed by atoms with Gasteiger partial charge in [0.25, 0.3) is 0 Å². The molecule has 3 rings (SSSR count). The maximum Gasteiger partial charge on any atom is 0.417 e. The largest absolute Gasteiger partial charge is 0.417 e. The zero-order valence-electron chi connectivity index (χ0n) is 13.0. The maximum absolute atomic E-state index is 12.6. The zero-order valence-corrected chi connectivity index (χ0v) is 13.8. The van der Waals surface area contributed by atoms with Gasteiger partial charge in [-0.2, -0.15) is 13.2 Å². The van der Waals surface area contributed by atoms with Gasteiger partial charge in [0.15, 0.2) is 0 Å². The normalized spacial score (nSPS) is 17.2. The topological polar surface area (TPSA) is 72.3 Å². The van der Waals surface area contributed by atoms with E-state index < -0.39 is 11.7 Å². The molecular weight excluding hydrogens is 359 g/mol. The Balaban J connectivity index is 1.59. The first-order chi connectivity index (χ1) is 11.8. The van der Waals surface area contributed by atoms with Gasteiger partial charge in [0, 0.05) is 18.8 Å². The third kappa shape index (κ3) is 4.16. The van der Waals surface area contributed by atoms with Crippen molar-refractivity contribution in [1.29, 1.82) is 0 Å². The molecule has 0 radical (unpaired) electrons. The van der Waals surface area contributed by atoms with Gasteiger partial charge in [-0.15, -0.1) is 0 Å². The van der Waals surface area contributed by atoms with E-state index in [0.717, 1.165) is 12.3 Å². The number of nitrogens with zero attached hydrogens (tertiary/aromatic N) is 4. The second-order valence-electron chi connectivity index (χ2n) is 5.39. The van der Waals surface area contributed by atoms with Crippen molar-refractivity contribution in [3.8, 4) is 0 Å². The van der Waals surface area contributed by atoms with Crippen LogP contribution in [0.5, 0.6) is 0 Å². The second kappa shape index (κ2) is 6.83. The van der Waals surface area contributed by atoms with Gasteiger partial charge in [-0.05, 0) is 19.1 Å². The average Bonchev–Trinajstić information content (AvgIpc) is 3.02. The quantitative estimate of drug-likeness (QED) is 0.891. The molecule has 0 saturated carbocycles. The number of aromatic nitrogens is 3. The van der Waals surface area contributed by atoms with Gasteiger partial charge in [0.2, 0.25) is 0 Å². The van der Waals surface area contributed by atoms with Crippen LogP contribution >= 0.6 is 11.6 Å². The minimum absolute atomic E-state index is 0.111. The zero-order chi connectivity index (χ0) is 18.0. The molecule has 1 unspecified atom stereocenters. The molecular formula is C15H13ClF3N5O. The van der Waals surface area contributed by atoms with Gasteiger partial charge in [-0.1, -0.05) is 16.8 Å². The van der Waals surface area contributed by atoms with Crippen molar-refractivity contribution >= 4 is 23.1 Å². The molecule has 1 aliphatic heterocycles. The van der Waals surface area contributed by atoms with E-state index in [0.29, 0.717) is 23.7 Å². The van der Waals surface area contributed by atoms with Crippen LogP contribution in [0, 0.1) is 6.92 Å². The fourth-order valence-corrected chi connectivity index (χ4v) is 2.47. The van der Waals surface area contributed by atoms with Gasteiger partial charge < -0.3 is 10.2 Å². The lowest BCUT2D eigenvalue weighted by molar-refractivity contribution is -0.137. The molecule has 3 heterocycles.